The first-order chi connectivity index (χ1) is 11.0. The van der Waals surface area contributed by atoms with E-state index in [2.05, 4.69) is 20.9 Å². The van der Waals surface area contributed by atoms with Crippen molar-refractivity contribution in [1.82, 2.24) is 9.38 Å². The molecule has 23 heavy (non-hydrogen) atoms. The molecule has 0 aliphatic carbocycles. The van der Waals surface area contributed by atoms with Gasteiger partial charge in [-0.15, -0.1) is 0 Å². The zero-order chi connectivity index (χ0) is 16.6. The van der Waals surface area contributed by atoms with E-state index in [4.69, 9.17) is 0 Å². The Labute approximate surface area is 143 Å². The van der Waals surface area contributed by atoms with Gasteiger partial charge in [-0.3, -0.25) is 0 Å². The van der Waals surface area contributed by atoms with Crippen LogP contribution in [0, 0.1) is 13.8 Å². The monoisotopic (exact) mass is 374 g/mol. The maximum atomic E-state index is 10.5. The SMILES string of the molecule is Cc1nc2c(O)c(CC(O)C(Br)c3ccccc3)ccn2c1C. The summed E-state index contributed by atoms with van der Waals surface area (Å²) in [6.45, 7) is 3.88. The van der Waals surface area contributed by atoms with E-state index in [1.165, 1.54) is 0 Å². The molecule has 0 aliphatic rings. The van der Waals surface area contributed by atoms with Crippen LogP contribution in [-0.2, 0) is 6.42 Å². The summed E-state index contributed by atoms with van der Waals surface area (Å²) < 4.78 is 1.86. The minimum absolute atomic E-state index is 0.135. The summed E-state index contributed by atoms with van der Waals surface area (Å²) in [4.78, 5) is 4.21. The van der Waals surface area contributed by atoms with Gasteiger partial charge in [-0.2, -0.15) is 0 Å². The summed E-state index contributed by atoms with van der Waals surface area (Å²) >= 11 is 3.55. The Kier molecular flexibility index (Phi) is 4.41. The molecule has 0 aliphatic heterocycles. The number of aromatic nitrogens is 2. The van der Waals surface area contributed by atoms with E-state index < -0.39 is 6.10 Å². The highest BCUT2D eigenvalue weighted by molar-refractivity contribution is 9.09. The number of nitrogens with zero attached hydrogens (tertiary/aromatic N) is 2. The van der Waals surface area contributed by atoms with Crippen LogP contribution in [0.15, 0.2) is 42.6 Å². The number of imidazole rings is 1. The van der Waals surface area contributed by atoms with Crippen molar-refractivity contribution in [3.05, 3.63) is 65.1 Å². The van der Waals surface area contributed by atoms with Gasteiger partial charge in [0, 0.05) is 23.9 Å². The summed E-state index contributed by atoms with van der Waals surface area (Å²) in [6.07, 6.45) is 1.58. The van der Waals surface area contributed by atoms with Gasteiger partial charge < -0.3 is 14.6 Å². The Morgan fingerprint density at radius 3 is 2.57 bits per heavy atom. The van der Waals surface area contributed by atoms with Gasteiger partial charge in [0.15, 0.2) is 11.4 Å². The summed E-state index contributed by atoms with van der Waals surface area (Å²) in [6, 6.07) is 11.6. The van der Waals surface area contributed by atoms with Crippen LogP contribution in [0.5, 0.6) is 5.75 Å². The van der Waals surface area contributed by atoms with Crippen molar-refractivity contribution in [2.24, 2.45) is 0 Å². The summed E-state index contributed by atoms with van der Waals surface area (Å²) in [7, 11) is 0. The Hall–Kier alpha value is -1.85. The summed E-state index contributed by atoms with van der Waals surface area (Å²) in [5.74, 6) is 0.135. The molecule has 2 aromatic heterocycles. The fourth-order valence-corrected chi connectivity index (χ4v) is 3.21. The van der Waals surface area contributed by atoms with Crippen LogP contribution in [0.1, 0.15) is 27.3 Å². The number of aryl methyl sites for hydroxylation is 2. The number of hydrogen-bond donors (Lipinski definition) is 2. The Bertz CT molecular complexity index is 830. The predicted octanol–water partition coefficient (Wildman–Crippen LogP) is 3.70. The van der Waals surface area contributed by atoms with Gasteiger partial charge >= 0.3 is 0 Å². The largest absolute Gasteiger partial charge is 0.504 e. The molecule has 0 radical (unpaired) electrons. The van der Waals surface area contributed by atoms with Crippen LogP contribution >= 0.6 is 15.9 Å². The van der Waals surface area contributed by atoms with Gasteiger partial charge in [0.05, 0.1) is 16.6 Å². The van der Waals surface area contributed by atoms with Crippen molar-refractivity contribution in [2.75, 3.05) is 0 Å². The van der Waals surface area contributed by atoms with Crippen LogP contribution in [0.3, 0.4) is 0 Å². The molecule has 0 fully saturated rings. The fourth-order valence-electron chi connectivity index (χ4n) is 2.72. The highest BCUT2D eigenvalue weighted by atomic mass is 79.9. The fraction of sp³-hybridized carbons (Fsp3) is 0.278. The third-order valence-corrected chi connectivity index (χ3v) is 5.35. The maximum Gasteiger partial charge on any atom is 0.180 e. The van der Waals surface area contributed by atoms with Gasteiger partial charge in [0.2, 0.25) is 0 Å². The standard InChI is InChI=1S/C18H19BrN2O2/c1-11-12(2)21-9-8-14(17(23)18(21)20-11)10-15(22)16(19)13-6-4-3-5-7-13/h3-9,15-16,22-23H,10H2,1-2H3. The van der Waals surface area contributed by atoms with Crippen LogP contribution in [0.4, 0.5) is 0 Å². The van der Waals surface area contributed by atoms with Crippen LogP contribution in [0.25, 0.3) is 5.65 Å². The molecule has 3 aromatic rings. The van der Waals surface area contributed by atoms with Crippen LogP contribution < -0.4 is 0 Å². The second-order valence-corrected chi connectivity index (χ2v) is 6.74. The Balaban J connectivity index is 1.88. The molecule has 3 rings (SSSR count). The molecule has 2 heterocycles. The van der Waals surface area contributed by atoms with Crippen LogP contribution in [-0.4, -0.2) is 25.7 Å². The number of benzene rings is 1. The summed E-state index contributed by atoms with van der Waals surface area (Å²) in [5.41, 5.74) is 4.13. The zero-order valence-corrected chi connectivity index (χ0v) is 14.7. The molecule has 2 N–H and O–H groups in total. The summed E-state index contributed by atoms with van der Waals surface area (Å²) in [5, 5.41) is 21.0. The minimum Gasteiger partial charge on any atom is -0.504 e. The third-order valence-electron chi connectivity index (χ3n) is 4.21. The van der Waals surface area contributed by atoms with Crippen molar-refractivity contribution in [2.45, 2.75) is 31.2 Å². The molecule has 0 saturated carbocycles. The van der Waals surface area contributed by atoms with Gasteiger partial charge in [0.1, 0.15) is 0 Å². The number of aliphatic hydroxyl groups is 1. The first-order valence-electron chi connectivity index (χ1n) is 7.52. The molecule has 4 nitrogen and oxygen atoms in total. The van der Waals surface area contributed by atoms with E-state index in [0.717, 1.165) is 17.0 Å². The number of pyridine rings is 1. The molecule has 1 aromatic carbocycles. The number of alkyl halides is 1. The molecule has 0 bridgehead atoms. The second-order valence-electron chi connectivity index (χ2n) is 5.75. The molecule has 2 atom stereocenters. The molecular weight excluding hydrogens is 356 g/mol. The van der Waals surface area contributed by atoms with Crippen molar-refractivity contribution in [3.63, 3.8) is 0 Å². The lowest BCUT2D eigenvalue weighted by atomic mass is 10.0. The Morgan fingerprint density at radius 1 is 1.17 bits per heavy atom. The van der Waals surface area contributed by atoms with Crippen molar-refractivity contribution < 1.29 is 10.2 Å². The molecule has 120 valence electrons. The van der Waals surface area contributed by atoms with E-state index in [0.29, 0.717) is 17.6 Å². The number of aliphatic hydroxyl groups excluding tert-OH is 1. The molecule has 0 saturated heterocycles. The smallest absolute Gasteiger partial charge is 0.180 e. The van der Waals surface area contributed by atoms with Crippen molar-refractivity contribution >= 4 is 21.6 Å². The van der Waals surface area contributed by atoms with Crippen molar-refractivity contribution in [1.29, 1.82) is 0 Å². The maximum absolute atomic E-state index is 10.5. The van der Waals surface area contributed by atoms with Crippen molar-refractivity contribution in [3.8, 4) is 5.75 Å². The molecular formula is C18H19BrN2O2. The van der Waals surface area contributed by atoms with E-state index in [1.807, 2.05) is 60.8 Å². The molecule has 5 heteroatoms. The third kappa shape index (κ3) is 2.99. The molecule has 2 unspecified atom stereocenters. The average molecular weight is 375 g/mol. The minimum atomic E-state index is -0.650. The second kappa shape index (κ2) is 6.34. The van der Waals surface area contributed by atoms with Gasteiger partial charge in [0.25, 0.3) is 0 Å². The lowest BCUT2D eigenvalue weighted by molar-refractivity contribution is 0.173. The Morgan fingerprint density at radius 2 is 1.87 bits per heavy atom. The quantitative estimate of drug-likeness (QED) is 0.684. The lowest BCUT2D eigenvalue weighted by Crippen LogP contribution is -2.17. The normalized spacial score (nSPS) is 14.1. The van der Waals surface area contributed by atoms with E-state index >= 15 is 0 Å². The highest BCUT2D eigenvalue weighted by Gasteiger charge is 2.21. The number of aromatic hydroxyl groups is 1. The molecule has 0 spiro atoms. The van der Waals surface area contributed by atoms with Gasteiger partial charge in [-0.05, 0) is 25.5 Å². The highest BCUT2D eigenvalue weighted by Crippen LogP contribution is 2.32. The first kappa shape index (κ1) is 16.0. The first-order valence-corrected chi connectivity index (χ1v) is 8.43. The van der Waals surface area contributed by atoms with Gasteiger partial charge in [-0.1, -0.05) is 46.3 Å². The average Bonchev–Trinajstić information content (AvgIpc) is 2.86. The van der Waals surface area contributed by atoms with E-state index in [-0.39, 0.29) is 10.6 Å². The number of rotatable bonds is 4. The number of halogens is 1. The topological polar surface area (TPSA) is 57.8 Å². The van der Waals surface area contributed by atoms with Crippen LogP contribution in [0.2, 0.25) is 0 Å². The predicted molar refractivity (Wildman–Crippen MR) is 94.2 cm³/mol. The molecule has 0 amide bonds. The lowest BCUT2D eigenvalue weighted by Gasteiger charge is -2.18. The number of hydrogen-bond acceptors (Lipinski definition) is 3. The van der Waals surface area contributed by atoms with E-state index in [9.17, 15) is 10.2 Å². The van der Waals surface area contributed by atoms with E-state index in [1.54, 1.807) is 0 Å². The van der Waals surface area contributed by atoms with Gasteiger partial charge in [-0.25, -0.2) is 4.98 Å². The zero-order valence-electron chi connectivity index (χ0n) is 13.1. The number of fused-ring (bicyclic) bond motifs is 1.